The van der Waals surface area contributed by atoms with Crippen molar-refractivity contribution in [2.24, 2.45) is 0 Å². The van der Waals surface area contributed by atoms with Gasteiger partial charge in [-0.2, -0.15) is 0 Å². The van der Waals surface area contributed by atoms with Gasteiger partial charge in [-0.25, -0.2) is 0 Å². The van der Waals surface area contributed by atoms with E-state index < -0.39 is 0 Å². The molecule has 0 radical (unpaired) electrons. The van der Waals surface area contributed by atoms with Crippen LogP contribution in [0.25, 0.3) is 21.3 Å². The Balaban J connectivity index is 1.40. The molecule has 0 saturated carbocycles. The maximum Gasteiger partial charge on any atom is 0.264 e. The first-order valence-electron chi connectivity index (χ1n) is 8.50. The van der Waals surface area contributed by atoms with Gasteiger partial charge in [-0.3, -0.25) is 10.1 Å². The normalized spacial score (nSPS) is 10.7. The van der Waals surface area contributed by atoms with Crippen molar-refractivity contribution in [2.75, 3.05) is 11.9 Å². The molecule has 0 saturated heterocycles. The van der Waals surface area contributed by atoms with Crippen LogP contribution in [0.3, 0.4) is 0 Å². The fourth-order valence-corrected chi connectivity index (χ4v) is 3.47. The summed E-state index contributed by atoms with van der Waals surface area (Å²) >= 11 is 1.33. The molecule has 4 rings (SSSR count). The van der Waals surface area contributed by atoms with Gasteiger partial charge in [0.25, 0.3) is 5.91 Å². The number of amides is 1. The second-order valence-electron chi connectivity index (χ2n) is 6.09. The molecule has 0 fully saturated rings. The second kappa shape index (κ2) is 7.55. The van der Waals surface area contributed by atoms with Gasteiger partial charge >= 0.3 is 0 Å². The molecule has 134 valence electrons. The first-order valence-corrected chi connectivity index (χ1v) is 9.32. The van der Waals surface area contributed by atoms with Gasteiger partial charge in [-0.05, 0) is 18.4 Å². The van der Waals surface area contributed by atoms with Crippen LogP contribution >= 0.6 is 11.3 Å². The van der Waals surface area contributed by atoms with E-state index in [0.717, 1.165) is 21.3 Å². The van der Waals surface area contributed by atoms with Gasteiger partial charge in [-0.15, -0.1) is 10.2 Å². The summed E-state index contributed by atoms with van der Waals surface area (Å²) in [6, 6.07) is 21.7. The Morgan fingerprint density at radius 1 is 1.00 bits per heavy atom. The lowest BCUT2D eigenvalue weighted by Gasteiger charge is -2.08. The molecule has 0 aliphatic carbocycles. The van der Waals surface area contributed by atoms with Crippen LogP contribution in [0.4, 0.5) is 5.13 Å². The average Bonchev–Trinajstić information content (AvgIpc) is 3.15. The molecule has 0 unspecified atom stereocenters. The Morgan fingerprint density at radius 2 is 1.78 bits per heavy atom. The van der Waals surface area contributed by atoms with Crippen LogP contribution in [-0.4, -0.2) is 22.7 Å². The van der Waals surface area contributed by atoms with E-state index in [0.29, 0.717) is 10.9 Å². The average molecular weight is 375 g/mol. The van der Waals surface area contributed by atoms with Crippen LogP contribution in [0.5, 0.6) is 5.75 Å². The topological polar surface area (TPSA) is 64.1 Å². The molecule has 0 aliphatic heterocycles. The van der Waals surface area contributed by atoms with E-state index in [2.05, 4.69) is 15.5 Å². The van der Waals surface area contributed by atoms with Crippen molar-refractivity contribution in [1.82, 2.24) is 10.2 Å². The van der Waals surface area contributed by atoms with Crippen LogP contribution < -0.4 is 10.1 Å². The number of fused-ring (bicyclic) bond motifs is 1. The standard InChI is InChI=1S/C21H17N3O2S/c1-14-9-11-16(12-10-14)20-23-24-21(27-20)22-19(25)13-26-18-8-4-6-15-5-2-3-7-17(15)18/h2-12H,13H2,1H3,(H,22,24,25). The third kappa shape index (κ3) is 3.96. The van der Waals surface area contributed by atoms with Crippen molar-refractivity contribution in [3.05, 3.63) is 72.3 Å². The minimum atomic E-state index is -0.269. The molecule has 1 N–H and O–H groups in total. The van der Waals surface area contributed by atoms with Gasteiger partial charge in [0, 0.05) is 10.9 Å². The molecular weight excluding hydrogens is 358 g/mol. The van der Waals surface area contributed by atoms with Crippen molar-refractivity contribution in [3.8, 4) is 16.3 Å². The van der Waals surface area contributed by atoms with Gasteiger partial charge in [0.2, 0.25) is 5.13 Å². The predicted molar refractivity (Wildman–Crippen MR) is 108 cm³/mol. The lowest BCUT2D eigenvalue weighted by molar-refractivity contribution is -0.118. The summed E-state index contributed by atoms with van der Waals surface area (Å²) in [6.45, 7) is 1.94. The summed E-state index contributed by atoms with van der Waals surface area (Å²) in [5.74, 6) is 0.412. The quantitative estimate of drug-likeness (QED) is 0.550. The molecule has 0 spiro atoms. The smallest absolute Gasteiger partial charge is 0.264 e. The monoisotopic (exact) mass is 375 g/mol. The van der Waals surface area contributed by atoms with Crippen molar-refractivity contribution in [3.63, 3.8) is 0 Å². The summed E-state index contributed by atoms with van der Waals surface area (Å²) in [7, 11) is 0. The van der Waals surface area contributed by atoms with Crippen molar-refractivity contribution in [1.29, 1.82) is 0 Å². The number of hydrogen-bond donors (Lipinski definition) is 1. The van der Waals surface area contributed by atoms with Crippen molar-refractivity contribution < 1.29 is 9.53 Å². The lowest BCUT2D eigenvalue weighted by Crippen LogP contribution is -2.20. The van der Waals surface area contributed by atoms with Gasteiger partial charge in [0.15, 0.2) is 6.61 Å². The zero-order valence-electron chi connectivity index (χ0n) is 14.7. The summed E-state index contributed by atoms with van der Waals surface area (Å²) in [4.78, 5) is 12.2. The summed E-state index contributed by atoms with van der Waals surface area (Å²) in [6.07, 6.45) is 0. The molecule has 4 aromatic rings. The Morgan fingerprint density at radius 3 is 2.63 bits per heavy atom. The highest BCUT2D eigenvalue weighted by Crippen LogP contribution is 2.27. The molecule has 0 aliphatic rings. The van der Waals surface area contributed by atoms with E-state index in [1.54, 1.807) is 0 Å². The van der Waals surface area contributed by atoms with Crippen LogP contribution in [0, 0.1) is 6.92 Å². The molecular formula is C21H17N3O2S. The zero-order chi connectivity index (χ0) is 18.6. The number of aryl methyl sites for hydroxylation is 1. The molecule has 1 heterocycles. The summed E-state index contributed by atoms with van der Waals surface area (Å²) in [5.41, 5.74) is 2.16. The zero-order valence-corrected chi connectivity index (χ0v) is 15.5. The van der Waals surface area contributed by atoms with E-state index in [1.807, 2.05) is 73.7 Å². The number of carbonyl (C=O) groups excluding carboxylic acids is 1. The number of carbonyl (C=O) groups is 1. The van der Waals surface area contributed by atoms with E-state index in [-0.39, 0.29) is 12.5 Å². The number of nitrogens with zero attached hydrogens (tertiary/aromatic N) is 2. The Labute approximate surface area is 160 Å². The van der Waals surface area contributed by atoms with Crippen molar-refractivity contribution in [2.45, 2.75) is 6.92 Å². The van der Waals surface area contributed by atoms with Crippen LogP contribution in [-0.2, 0) is 4.79 Å². The number of rotatable bonds is 5. The van der Waals surface area contributed by atoms with Gasteiger partial charge in [-0.1, -0.05) is 77.6 Å². The maximum absolute atomic E-state index is 12.2. The Kier molecular flexibility index (Phi) is 4.80. The molecule has 6 heteroatoms. The molecule has 1 amide bonds. The molecule has 5 nitrogen and oxygen atoms in total. The third-order valence-electron chi connectivity index (χ3n) is 4.08. The van der Waals surface area contributed by atoms with Gasteiger partial charge < -0.3 is 4.74 Å². The highest BCUT2D eigenvalue weighted by atomic mass is 32.1. The van der Waals surface area contributed by atoms with Crippen LogP contribution in [0.15, 0.2) is 66.7 Å². The third-order valence-corrected chi connectivity index (χ3v) is 4.97. The molecule has 3 aromatic carbocycles. The summed E-state index contributed by atoms with van der Waals surface area (Å²) in [5, 5.41) is 14.2. The fraction of sp³-hybridized carbons (Fsp3) is 0.0952. The van der Waals surface area contributed by atoms with Crippen molar-refractivity contribution >= 4 is 33.1 Å². The minimum Gasteiger partial charge on any atom is -0.483 e. The van der Waals surface area contributed by atoms with E-state index >= 15 is 0 Å². The molecule has 0 atom stereocenters. The SMILES string of the molecule is Cc1ccc(-c2nnc(NC(=O)COc3cccc4ccccc34)s2)cc1. The number of benzene rings is 3. The number of hydrogen-bond acceptors (Lipinski definition) is 5. The lowest BCUT2D eigenvalue weighted by atomic mass is 10.1. The number of ether oxygens (including phenoxy) is 1. The van der Waals surface area contributed by atoms with Gasteiger partial charge in [0.1, 0.15) is 10.8 Å². The fourth-order valence-electron chi connectivity index (χ4n) is 2.71. The Hall–Kier alpha value is -3.25. The maximum atomic E-state index is 12.2. The Bertz CT molecular complexity index is 1080. The number of aromatic nitrogens is 2. The molecule has 0 bridgehead atoms. The number of anilines is 1. The van der Waals surface area contributed by atoms with Crippen LogP contribution in [0.2, 0.25) is 0 Å². The van der Waals surface area contributed by atoms with E-state index in [9.17, 15) is 4.79 Å². The first-order chi connectivity index (χ1) is 13.2. The largest absolute Gasteiger partial charge is 0.483 e. The highest BCUT2D eigenvalue weighted by Gasteiger charge is 2.11. The van der Waals surface area contributed by atoms with E-state index in [1.165, 1.54) is 16.9 Å². The minimum absolute atomic E-state index is 0.0898. The second-order valence-corrected chi connectivity index (χ2v) is 7.07. The number of nitrogens with one attached hydrogen (secondary N) is 1. The predicted octanol–water partition coefficient (Wildman–Crippen LogP) is 4.68. The van der Waals surface area contributed by atoms with E-state index in [4.69, 9.17) is 4.74 Å². The first kappa shape index (κ1) is 17.2. The highest BCUT2D eigenvalue weighted by molar-refractivity contribution is 7.18. The summed E-state index contributed by atoms with van der Waals surface area (Å²) < 4.78 is 5.70. The van der Waals surface area contributed by atoms with Crippen LogP contribution in [0.1, 0.15) is 5.56 Å². The molecule has 1 aromatic heterocycles. The molecule has 27 heavy (non-hydrogen) atoms. The van der Waals surface area contributed by atoms with Gasteiger partial charge in [0.05, 0.1) is 0 Å².